The van der Waals surface area contributed by atoms with Crippen LogP contribution in [-0.2, 0) is 14.8 Å². The van der Waals surface area contributed by atoms with E-state index in [-0.39, 0.29) is 16.3 Å². The minimum absolute atomic E-state index is 0.0399. The Bertz CT molecular complexity index is 805. The number of anilines is 1. The molecule has 0 amide bonds. The van der Waals surface area contributed by atoms with Gasteiger partial charge in [-0.25, -0.2) is 17.5 Å². The molecule has 1 aliphatic heterocycles. The molecule has 3 rings (SSSR count). The number of esters is 1. The second-order valence-electron chi connectivity index (χ2n) is 4.20. The fourth-order valence-electron chi connectivity index (χ4n) is 1.89. The zero-order valence-electron chi connectivity index (χ0n) is 10.5. The number of nitrogens with zero attached hydrogens (tertiary/aromatic N) is 1. The van der Waals surface area contributed by atoms with Crippen molar-refractivity contribution in [1.29, 1.82) is 0 Å². The van der Waals surface area contributed by atoms with E-state index in [4.69, 9.17) is 16.3 Å². The molecule has 1 heterocycles. The van der Waals surface area contributed by atoms with E-state index in [1.165, 1.54) is 30.3 Å². The third kappa shape index (κ3) is 2.48. The molecule has 2 radical (unpaired) electrons. The number of hydrogen-bond acceptors (Lipinski definition) is 4. The molecule has 0 atom stereocenters. The van der Waals surface area contributed by atoms with E-state index in [0.717, 1.165) is 4.31 Å². The van der Waals surface area contributed by atoms with Gasteiger partial charge in [-0.05, 0) is 30.3 Å². The highest BCUT2D eigenvalue weighted by Gasteiger charge is 2.35. The van der Waals surface area contributed by atoms with Crippen molar-refractivity contribution in [2.24, 2.45) is 0 Å². The van der Waals surface area contributed by atoms with E-state index >= 15 is 0 Å². The van der Waals surface area contributed by atoms with E-state index in [0.29, 0.717) is 5.02 Å². The van der Waals surface area contributed by atoms with Crippen LogP contribution in [0.1, 0.15) is 0 Å². The van der Waals surface area contributed by atoms with Crippen molar-refractivity contribution in [2.75, 3.05) is 4.31 Å². The molecule has 0 fully saturated rings. The molecule has 1 aliphatic rings. The fourth-order valence-corrected chi connectivity index (χ4v) is 3.36. The number of benzene rings is 2. The molecule has 0 aliphatic carbocycles. The van der Waals surface area contributed by atoms with Gasteiger partial charge in [-0.2, -0.15) is 0 Å². The Morgan fingerprint density at radius 1 is 1.10 bits per heavy atom. The maximum absolute atomic E-state index is 12.6. The number of rotatable bonds is 2. The van der Waals surface area contributed by atoms with Gasteiger partial charge in [-0.1, -0.05) is 29.8 Å². The van der Waals surface area contributed by atoms with Crippen molar-refractivity contribution in [3.63, 3.8) is 0 Å². The summed E-state index contributed by atoms with van der Waals surface area (Å²) in [6, 6.07) is 12.1. The SMILES string of the molecule is O=C1[C]N(S(=O)(=O)c2ccccc2)c2cc(Cl)ccc2O1. The zero-order valence-corrected chi connectivity index (χ0v) is 12.1. The minimum atomic E-state index is -3.96. The molecule has 5 nitrogen and oxygen atoms in total. The van der Waals surface area contributed by atoms with Crippen LogP contribution in [0, 0.1) is 6.54 Å². The van der Waals surface area contributed by atoms with Crippen molar-refractivity contribution < 1.29 is 17.9 Å². The lowest BCUT2D eigenvalue weighted by atomic mass is 10.2. The highest BCUT2D eigenvalue weighted by atomic mass is 35.5. The average Bonchev–Trinajstić information content (AvgIpc) is 2.48. The van der Waals surface area contributed by atoms with Gasteiger partial charge < -0.3 is 4.74 Å². The number of ether oxygens (including phenoxy) is 1. The molecule has 0 spiro atoms. The summed E-state index contributed by atoms with van der Waals surface area (Å²) in [4.78, 5) is 11.6. The summed E-state index contributed by atoms with van der Waals surface area (Å²) < 4.78 is 30.9. The Hall–Kier alpha value is -2.05. The summed E-state index contributed by atoms with van der Waals surface area (Å²) in [5, 5.41) is 0.321. The lowest BCUT2D eigenvalue weighted by Gasteiger charge is -2.27. The van der Waals surface area contributed by atoms with Crippen LogP contribution in [0.2, 0.25) is 5.02 Å². The molecule has 7 heteroatoms. The van der Waals surface area contributed by atoms with Gasteiger partial charge in [-0.15, -0.1) is 0 Å². The smallest absolute Gasteiger partial charge is 0.345 e. The van der Waals surface area contributed by atoms with E-state index in [1.807, 2.05) is 0 Å². The standard InChI is InChI=1S/C14H8ClNO4S/c15-10-6-7-13-12(8-10)16(9-14(17)20-13)21(18,19)11-4-2-1-3-5-11/h1-8H. The van der Waals surface area contributed by atoms with E-state index in [2.05, 4.69) is 6.54 Å². The molecular weight excluding hydrogens is 314 g/mol. The first-order valence-electron chi connectivity index (χ1n) is 5.87. The molecule has 0 saturated carbocycles. The monoisotopic (exact) mass is 321 g/mol. The normalized spacial score (nSPS) is 14.5. The number of sulfonamides is 1. The second-order valence-corrected chi connectivity index (χ2v) is 6.42. The van der Waals surface area contributed by atoms with E-state index in [1.54, 1.807) is 18.2 Å². The molecular formula is C14H8ClNO4S. The van der Waals surface area contributed by atoms with Crippen LogP contribution in [0.4, 0.5) is 5.69 Å². The average molecular weight is 322 g/mol. The Labute approximate surface area is 126 Å². The predicted octanol–water partition coefficient (Wildman–Crippen LogP) is 2.49. The minimum Gasteiger partial charge on any atom is -0.422 e. The fraction of sp³-hybridized carbons (Fsp3) is 0. The highest BCUT2D eigenvalue weighted by molar-refractivity contribution is 7.93. The largest absolute Gasteiger partial charge is 0.422 e. The Balaban J connectivity index is 2.16. The van der Waals surface area contributed by atoms with Gasteiger partial charge in [0.15, 0.2) is 5.75 Å². The Kier molecular flexibility index (Phi) is 3.35. The maximum Gasteiger partial charge on any atom is 0.345 e. The summed E-state index contributed by atoms with van der Waals surface area (Å²) in [7, 11) is -3.96. The quantitative estimate of drug-likeness (QED) is 0.629. The van der Waals surface area contributed by atoms with Crippen LogP contribution in [0.25, 0.3) is 0 Å². The Morgan fingerprint density at radius 3 is 2.52 bits per heavy atom. The number of carbonyl (C=O) groups is 1. The van der Waals surface area contributed by atoms with Gasteiger partial charge in [-0.3, -0.25) is 0 Å². The number of carbonyl (C=O) groups excluding carboxylic acids is 1. The van der Waals surface area contributed by atoms with Crippen molar-refractivity contribution >= 4 is 33.3 Å². The van der Waals surface area contributed by atoms with E-state index in [9.17, 15) is 13.2 Å². The molecule has 0 aromatic heterocycles. The molecule has 2 aromatic carbocycles. The van der Waals surface area contributed by atoms with Gasteiger partial charge in [0, 0.05) is 5.02 Å². The second kappa shape index (κ2) is 5.05. The summed E-state index contributed by atoms with van der Waals surface area (Å²) in [6.07, 6.45) is 0. The highest BCUT2D eigenvalue weighted by Crippen LogP contribution is 2.38. The van der Waals surface area contributed by atoms with Crippen LogP contribution in [0.15, 0.2) is 53.4 Å². The van der Waals surface area contributed by atoms with Crippen molar-refractivity contribution in [1.82, 2.24) is 0 Å². The lowest BCUT2D eigenvalue weighted by Crippen LogP contribution is -2.36. The third-order valence-corrected chi connectivity index (χ3v) is 4.69. The molecule has 0 N–H and O–H groups in total. The molecule has 2 aromatic rings. The van der Waals surface area contributed by atoms with Crippen LogP contribution >= 0.6 is 11.6 Å². The van der Waals surface area contributed by atoms with Gasteiger partial charge in [0.2, 0.25) is 6.54 Å². The molecule has 0 saturated heterocycles. The first-order valence-corrected chi connectivity index (χ1v) is 7.69. The number of fused-ring (bicyclic) bond motifs is 1. The van der Waals surface area contributed by atoms with Gasteiger partial charge in [0.25, 0.3) is 10.0 Å². The summed E-state index contributed by atoms with van der Waals surface area (Å²) in [5.41, 5.74) is 0.144. The first kappa shape index (κ1) is 13.9. The topological polar surface area (TPSA) is 63.7 Å². The van der Waals surface area contributed by atoms with Gasteiger partial charge in [0.1, 0.15) is 0 Å². The van der Waals surface area contributed by atoms with Gasteiger partial charge in [0.05, 0.1) is 10.6 Å². The zero-order chi connectivity index (χ0) is 15.0. The van der Waals surface area contributed by atoms with Crippen molar-refractivity contribution in [2.45, 2.75) is 4.90 Å². The van der Waals surface area contributed by atoms with Gasteiger partial charge >= 0.3 is 5.97 Å². The summed E-state index contributed by atoms with van der Waals surface area (Å²) in [5.74, 6) is -0.771. The first-order chi connectivity index (χ1) is 9.98. The molecule has 106 valence electrons. The third-order valence-electron chi connectivity index (χ3n) is 2.82. The maximum atomic E-state index is 12.6. The Morgan fingerprint density at radius 2 is 1.81 bits per heavy atom. The van der Waals surface area contributed by atoms with Crippen molar-refractivity contribution in [3.8, 4) is 5.75 Å². The van der Waals surface area contributed by atoms with Crippen LogP contribution in [0.3, 0.4) is 0 Å². The molecule has 0 bridgehead atoms. The van der Waals surface area contributed by atoms with Crippen molar-refractivity contribution in [3.05, 3.63) is 60.1 Å². The summed E-state index contributed by atoms with van der Waals surface area (Å²) in [6.45, 7) is 2.16. The number of hydrogen-bond donors (Lipinski definition) is 0. The molecule has 21 heavy (non-hydrogen) atoms. The number of halogens is 1. The van der Waals surface area contributed by atoms with Crippen LogP contribution < -0.4 is 9.04 Å². The van der Waals surface area contributed by atoms with Crippen LogP contribution in [-0.4, -0.2) is 14.4 Å². The molecule has 0 unspecified atom stereocenters. The summed E-state index contributed by atoms with van der Waals surface area (Å²) >= 11 is 5.88. The predicted molar refractivity (Wildman–Crippen MR) is 76.4 cm³/mol. The van der Waals surface area contributed by atoms with Crippen LogP contribution in [0.5, 0.6) is 5.75 Å². The van der Waals surface area contributed by atoms with E-state index < -0.39 is 16.0 Å². The lowest BCUT2D eigenvalue weighted by molar-refractivity contribution is -0.130.